The number of ketones is 1. The standard InChI is InChI=1S/C37H32F6N4O7/c1-49-27-13-11-21(19-31(27)51-3)25-15-17-46(44-25)33-23(7-5-9-29(33)53-36(38,39)40)35(48)24-8-6-10-30(54-37(41,42)43)34(24)47-18-16-26(45-47)22-12-14-28(50-2)32(20-22)52-4/h5-14,19-20H,15-18H2,1-4H3. The number of rotatable bonds is 12. The van der Waals surface area contributed by atoms with Gasteiger partial charge in [0.25, 0.3) is 0 Å². The number of halogens is 6. The summed E-state index contributed by atoms with van der Waals surface area (Å²) in [6, 6.07) is 16.8. The van der Waals surface area contributed by atoms with Gasteiger partial charge in [-0.15, -0.1) is 26.3 Å². The maximum atomic E-state index is 14.6. The van der Waals surface area contributed by atoms with Crippen LogP contribution in [0.15, 0.2) is 83.0 Å². The molecule has 0 radical (unpaired) electrons. The Kier molecular flexibility index (Phi) is 10.5. The van der Waals surface area contributed by atoms with E-state index >= 15 is 0 Å². The van der Waals surface area contributed by atoms with E-state index in [9.17, 15) is 31.1 Å². The van der Waals surface area contributed by atoms with E-state index in [1.807, 2.05) is 0 Å². The van der Waals surface area contributed by atoms with Crippen molar-refractivity contribution in [2.24, 2.45) is 10.2 Å². The van der Waals surface area contributed by atoms with Gasteiger partial charge in [0, 0.05) is 37.1 Å². The lowest BCUT2D eigenvalue weighted by Crippen LogP contribution is -2.24. The largest absolute Gasteiger partial charge is 0.573 e. The van der Waals surface area contributed by atoms with Gasteiger partial charge in [-0.25, -0.2) is 0 Å². The van der Waals surface area contributed by atoms with E-state index in [4.69, 9.17) is 18.9 Å². The molecule has 0 aliphatic carbocycles. The highest BCUT2D eigenvalue weighted by atomic mass is 19.4. The topological polar surface area (TPSA) is 104 Å². The molecule has 0 unspecified atom stereocenters. The minimum absolute atomic E-state index is 0.0252. The number of ether oxygens (including phenoxy) is 6. The number of hydrogen-bond donors (Lipinski definition) is 0. The van der Waals surface area contributed by atoms with E-state index in [-0.39, 0.29) is 48.4 Å². The molecule has 2 aliphatic rings. The van der Waals surface area contributed by atoms with Crippen LogP contribution in [0.2, 0.25) is 0 Å². The average Bonchev–Trinajstić information content (AvgIpc) is 3.83. The van der Waals surface area contributed by atoms with Crippen LogP contribution in [-0.2, 0) is 0 Å². The van der Waals surface area contributed by atoms with Crippen molar-refractivity contribution in [2.45, 2.75) is 25.6 Å². The molecule has 4 aromatic rings. The Balaban J connectivity index is 1.46. The fourth-order valence-corrected chi connectivity index (χ4v) is 6.18. The Morgan fingerprint density at radius 2 is 0.944 bits per heavy atom. The molecule has 0 bridgehead atoms. The maximum absolute atomic E-state index is 14.6. The van der Waals surface area contributed by atoms with Crippen LogP contribution >= 0.6 is 0 Å². The zero-order valence-electron chi connectivity index (χ0n) is 29.2. The van der Waals surface area contributed by atoms with E-state index in [0.29, 0.717) is 45.5 Å². The second kappa shape index (κ2) is 15.1. The molecule has 0 fully saturated rings. The number of carbonyl (C=O) groups is 1. The summed E-state index contributed by atoms with van der Waals surface area (Å²) in [4.78, 5) is 14.6. The van der Waals surface area contributed by atoms with E-state index in [2.05, 4.69) is 19.7 Å². The molecule has 6 rings (SSSR count). The lowest BCUT2D eigenvalue weighted by molar-refractivity contribution is -0.275. The molecule has 2 heterocycles. The molecule has 2 aliphatic heterocycles. The summed E-state index contributed by atoms with van der Waals surface area (Å²) < 4.78 is 113. The molecule has 284 valence electrons. The van der Waals surface area contributed by atoms with Gasteiger partial charge >= 0.3 is 12.7 Å². The van der Waals surface area contributed by atoms with E-state index in [1.165, 1.54) is 62.7 Å². The number of anilines is 2. The Morgan fingerprint density at radius 3 is 1.30 bits per heavy atom. The van der Waals surface area contributed by atoms with Gasteiger partial charge in [-0.2, -0.15) is 10.2 Å². The number of methoxy groups -OCH3 is 4. The van der Waals surface area contributed by atoms with Crippen LogP contribution in [0, 0.1) is 0 Å². The highest BCUT2D eigenvalue weighted by Gasteiger charge is 2.38. The number of para-hydroxylation sites is 2. The minimum Gasteiger partial charge on any atom is -0.493 e. The summed E-state index contributed by atoms with van der Waals surface area (Å²) in [5.74, 6) is -0.766. The molecule has 4 aromatic carbocycles. The van der Waals surface area contributed by atoms with Gasteiger partial charge in [0.15, 0.2) is 40.3 Å². The number of benzene rings is 4. The summed E-state index contributed by atoms with van der Waals surface area (Å²) in [5.41, 5.74) is 0.699. The van der Waals surface area contributed by atoms with Crippen molar-refractivity contribution in [2.75, 3.05) is 51.5 Å². The molecule has 0 amide bonds. The minimum atomic E-state index is -5.16. The predicted molar refractivity (Wildman–Crippen MR) is 186 cm³/mol. The number of carbonyl (C=O) groups excluding carboxylic acids is 1. The summed E-state index contributed by atoms with van der Waals surface area (Å²) >= 11 is 0. The third-order valence-corrected chi connectivity index (χ3v) is 8.49. The molecule has 11 nitrogen and oxygen atoms in total. The first-order valence-electron chi connectivity index (χ1n) is 16.2. The fraction of sp³-hybridized carbons (Fsp3) is 0.270. The lowest BCUT2D eigenvalue weighted by Gasteiger charge is -2.24. The summed E-state index contributed by atoms with van der Waals surface area (Å²) in [5, 5.41) is 11.5. The molecule has 0 saturated carbocycles. The highest BCUT2D eigenvalue weighted by Crippen LogP contribution is 2.43. The van der Waals surface area contributed by atoms with Crippen molar-refractivity contribution in [3.63, 3.8) is 0 Å². The summed E-state index contributed by atoms with van der Waals surface area (Å²) in [7, 11) is 5.82. The summed E-state index contributed by atoms with van der Waals surface area (Å²) in [6.45, 7) is 0.0503. The molecular formula is C37H32F6N4O7. The molecule has 0 atom stereocenters. The van der Waals surface area contributed by atoms with Gasteiger partial charge < -0.3 is 28.4 Å². The maximum Gasteiger partial charge on any atom is 0.573 e. The Bertz CT molecular complexity index is 1970. The van der Waals surface area contributed by atoms with Crippen LogP contribution in [0.1, 0.15) is 39.9 Å². The molecule has 54 heavy (non-hydrogen) atoms. The van der Waals surface area contributed by atoms with Crippen molar-refractivity contribution in [3.05, 3.63) is 95.1 Å². The first kappa shape index (κ1) is 37.6. The monoisotopic (exact) mass is 758 g/mol. The van der Waals surface area contributed by atoms with Gasteiger partial charge in [-0.3, -0.25) is 14.8 Å². The Morgan fingerprint density at radius 1 is 0.556 bits per heavy atom. The number of hydrogen-bond acceptors (Lipinski definition) is 11. The summed E-state index contributed by atoms with van der Waals surface area (Å²) in [6.07, 6.45) is -9.85. The second-order valence-corrected chi connectivity index (χ2v) is 11.7. The van der Waals surface area contributed by atoms with Gasteiger partial charge in [-0.1, -0.05) is 12.1 Å². The smallest absolute Gasteiger partial charge is 0.493 e. The fourth-order valence-electron chi connectivity index (χ4n) is 6.18. The predicted octanol–water partition coefficient (Wildman–Crippen LogP) is 7.98. The van der Waals surface area contributed by atoms with Crippen LogP contribution in [0.5, 0.6) is 34.5 Å². The number of hydrazone groups is 2. The Labute approximate surface area is 304 Å². The number of nitrogens with zero attached hydrogens (tertiary/aromatic N) is 4. The number of alkyl halides is 6. The van der Waals surface area contributed by atoms with Crippen LogP contribution in [0.4, 0.5) is 37.7 Å². The SMILES string of the molecule is COc1ccc(C2=NN(c3c(OC(F)(F)F)cccc3C(=O)c3cccc(OC(F)(F)F)c3N3CCC(c4ccc(OC)c(OC)c4)=N3)CC2)cc1OC. The average molecular weight is 759 g/mol. The van der Waals surface area contributed by atoms with Crippen molar-refractivity contribution in [1.82, 2.24) is 0 Å². The third kappa shape index (κ3) is 7.94. The van der Waals surface area contributed by atoms with E-state index < -0.39 is 30.0 Å². The third-order valence-electron chi connectivity index (χ3n) is 8.49. The lowest BCUT2D eigenvalue weighted by atomic mass is 9.98. The van der Waals surface area contributed by atoms with E-state index in [0.717, 1.165) is 12.1 Å². The van der Waals surface area contributed by atoms with Gasteiger partial charge in [0.05, 0.1) is 51.0 Å². The molecule has 0 N–H and O–H groups in total. The Hall–Kier alpha value is -6.13. The quantitative estimate of drug-likeness (QED) is 0.105. The van der Waals surface area contributed by atoms with Gasteiger partial charge in [0.2, 0.25) is 0 Å². The zero-order valence-corrected chi connectivity index (χ0v) is 29.2. The molecular weight excluding hydrogens is 726 g/mol. The van der Waals surface area contributed by atoms with Crippen LogP contribution < -0.4 is 38.4 Å². The highest BCUT2D eigenvalue weighted by molar-refractivity contribution is 6.17. The molecule has 0 spiro atoms. The van der Waals surface area contributed by atoms with Crippen molar-refractivity contribution < 1.29 is 59.6 Å². The van der Waals surface area contributed by atoms with E-state index in [1.54, 1.807) is 36.4 Å². The van der Waals surface area contributed by atoms with Crippen LogP contribution in [0.25, 0.3) is 0 Å². The second-order valence-electron chi connectivity index (χ2n) is 11.7. The van der Waals surface area contributed by atoms with Gasteiger partial charge in [0.1, 0.15) is 11.4 Å². The van der Waals surface area contributed by atoms with Crippen LogP contribution in [-0.4, -0.2) is 71.5 Å². The van der Waals surface area contributed by atoms with Crippen LogP contribution in [0.3, 0.4) is 0 Å². The van der Waals surface area contributed by atoms with Crippen molar-refractivity contribution >= 4 is 28.6 Å². The van der Waals surface area contributed by atoms with Gasteiger partial charge in [-0.05, 0) is 60.7 Å². The zero-order chi connectivity index (χ0) is 38.8. The van der Waals surface area contributed by atoms with Crippen molar-refractivity contribution in [1.29, 1.82) is 0 Å². The first-order chi connectivity index (χ1) is 25.7. The normalized spacial score (nSPS) is 14.4. The molecule has 17 heteroatoms. The molecule has 0 saturated heterocycles. The van der Waals surface area contributed by atoms with Crippen molar-refractivity contribution in [3.8, 4) is 34.5 Å². The first-order valence-corrected chi connectivity index (χ1v) is 16.2. The molecule has 0 aromatic heterocycles.